The van der Waals surface area contributed by atoms with E-state index < -0.39 is 0 Å². The maximum atomic E-state index is 13.2. The second kappa shape index (κ2) is 6.44. The van der Waals surface area contributed by atoms with Gasteiger partial charge in [0.15, 0.2) is 5.82 Å². The van der Waals surface area contributed by atoms with Gasteiger partial charge in [0.2, 0.25) is 5.91 Å². The predicted octanol–water partition coefficient (Wildman–Crippen LogP) is 3.50. The van der Waals surface area contributed by atoms with Crippen LogP contribution in [0.25, 0.3) is 5.69 Å². The molecule has 1 heterocycles. The number of para-hydroxylation sites is 1. The molecule has 4 nitrogen and oxygen atoms in total. The quantitative estimate of drug-likeness (QED) is 0.802. The van der Waals surface area contributed by atoms with Crippen LogP contribution in [0.4, 0.5) is 10.2 Å². The number of hydrogen-bond donors (Lipinski definition) is 1. The number of nitrogens with zero attached hydrogens (tertiary/aromatic N) is 2. The summed E-state index contributed by atoms with van der Waals surface area (Å²) in [6.07, 6.45) is 1.96. The normalized spacial score (nSPS) is 10.5. The van der Waals surface area contributed by atoms with Gasteiger partial charge in [-0.3, -0.25) is 4.79 Å². The minimum absolute atomic E-state index is 0.180. The van der Waals surface area contributed by atoms with Gasteiger partial charge in [0.25, 0.3) is 0 Å². The molecular weight excluding hydrogens is 293 g/mol. The molecule has 0 spiro atoms. The summed E-state index contributed by atoms with van der Waals surface area (Å²) in [4.78, 5) is 12.1. The number of carbonyl (C=O) groups is 1. The van der Waals surface area contributed by atoms with Crippen LogP contribution < -0.4 is 5.32 Å². The number of halogens is 1. The fraction of sp³-hybridized carbons (Fsp3) is 0.111. The molecule has 0 aliphatic carbocycles. The van der Waals surface area contributed by atoms with Gasteiger partial charge in [0.1, 0.15) is 5.82 Å². The maximum absolute atomic E-state index is 13.2. The van der Waals surface area contributed by atoms with Crippen molar-refractivity contribution in [1.29, 1.82) is 0 Å². The molecule has 2 aromatic carbocycles. The topological polar surface area (TPSA) is 46.9 Å². The van der Waals surface area contributed by atoms with E-state index in [1.807, 2.05) is 30.3 Å². The van der Waals surface area contributed by atoms with Gasteiger partial charge in [-0.1, -0.05) is 30.3 Å². The van der Waals surface area contributed by atoms with Crippen LogP contribution >= 0.6 is 0 Å². The van der Waals surface area contributed by atoms with Crippen molar-refractivity contribution in [1.82, 2.24) is 9.78 Å². The summed E-state index contributed by atoms with van der Waals surface area (Å²) in [6, 6.07) is 16.0. The number of nitrogens with one attached hydrogen (secondary N) is 1. The minimum Gasteiger partial charge on any atom is -0.309 e. The second-order valence-electron chi connectivity index (χ2n) is 5.29. The van der Waals surface area contributed by atoms with Gasteiger partial charge in [-0.2, -0.15) is 5.10 Å². The zero-order valence-corrected chi connectivity index (χ0v) is 12.7. The average Bonchev–Trinajstić information content (AvgIpc) is 3.00. The smallest absolute Gasteiger partial charge is 0.229 e. The highest BCUT2D eigenvalue weighted by Crippen LogP contribution is 2.12. The van der Waals surface area contributed by atoms with Crippen LogP contribution in [0.2, 0.25) is 0 Å². The molecule has 0 fully saturated rings. The molecule has 0 unspecified atom stereocenters. The van der Waals surface area contributed by atoms with Crippen LogP contribution in [-0.2, 0) is 11.2 Å². The van der Waals surface area contributed by atoms with Crippen molar-refractivity contribution in [2.75, 3.05) is 5.32 Å². The van der Waals surface area contributed by atoms with E-state index in [1.54, 1.807) is 36.0 Å². The number of aryl methyl sites for hydroxylation is 1. The number of amides is 1. The lowest BCUT2D eigenvalue weighted by atomic mass is 10.1. The van der Waals surface area contributed by atoms with Crippen molar-refractivity contribution in [3.8, 4) is 5.69 Å². The molecule has 3 rings (SSSR count). The number of aromatic nitrogens is 2. The van der Waals surface area contributed by atoms with Gasteiger partial charge in [-0.25, -0.2) is 9.07 Å². The molecule has 1 amide bonds. The van der Waals surface area contributed by atoms with Crippen molar-refractivity contribution < 1.29 is 9.18 Å². The first-order chi connectivity index (χ1) is 11.1. The summed E-state index contributed by atoms with van der Waals surface area (Å²) >= 11 is 0. The predicted molar refractivity (Wildman–Crippen MR) is 87.0 cm³/mol. The Morgan fingerprint density at radius 3 is 2.70 bits per heavy atom. The molecule has 0 radical (unpaired) electrons. The highest BCUT2D eigenvalue weighted by molar-refractivity contribution is 5.91. The van der Waals surface area contributed by atoms with Gasteiger partial charge in [-0.15, -0.1) is 0 Å². The monoisotopic (exact) mass is 309 g/mol. The Morgan fingerprint density at radius 1 is 1.17 bits per heavy atom. The summed E-state index contributed by atoms with van der Waals surface area (Å²) in [5.74, 6) is 0.0303. The van der Waals surface area contributed by atoms with Crippen molar-refractivity contribution >= 4 is 11.7 Å². The Hall–Kier alpha value is -2.95. The van der Waals surface area contributed by atoms with E-state index in [2.05, 4.69) is 10.4 Å². The summed E-state index contributed by atoms with van der Waals surface area (Å²) < 4.78 is 14.9. The molecule has 23 heavy (non-hydrogen) atoms. The zero-order valence-electron chi connectivity index (χ0n) is 12.7. The summed E-state index contributed by atoms with van der Waals surface area (Å²) in [5.41, 5.74) is 2.22. The van der Waals surface area contributed by atoms with E-state index in [0.717, 1.165) is 11.3 Å². The molecular formula is C18H16FN3O. The third kappa shape index (κ3) is 3.63. The summed E-state index contributed by atoms with van der Waals surface area (Å²) in [6.45, 7) is 1.68. The molecule has 5 heteroatoms. The average molecular weight is 309 g/mol. The molecule has 0 saturated carbocycles. The number of hydrogen-bond acceptors (Lipinski definition) is 2. The second-order valence-corrected chi connectivity index (χ2v) is 5.29. The molecule has 3 aromatic rings. The molecule has 116 valence electrons. The maximum Gasteiger partial charge on any atom is 0.229 e. The van der Waals surface area contributed by atoms with E-state index in [1.165, 1.54) is 6.07 Å². The number of anilines is 1. The Balaban J connectivity index is 1.66. The van der Waals surface area contributed by atoms with Crippen LogP contribution in [0.3, 0.4) is 0 Å². The number of benzene rings is 2. The Bertz CT molecular complexity index is 827. The van der Waals surface area contributed by atoms with Crippen LogP contribution in [0, 0.1) is 12.7 Å². The van der Waals surface area contributed by atoms with Crippen molar-refractivity contribution in [3.05, 3.63) is 77.7 Å². The van der Waals surface area contributed by atoms with Gasteiger partial charge in [0.05, 0.1) is 12.1 Å². The molecule has 0 atom stereocenters. The number of carbonyl (C=O) groups excluding carboxylic acids is 1. The van der Waals surface area contributed by atoms with Crippen molar-refractivity contribution in [2.24, 2.45) is 0 Å². The third-order valence-electron chi connectivity index (χ3n) is 3.46. The Labute approximate surface area is 133 Å². The lowest BCUT2D eigenvalue weighted by Gasteiger charge is -2.04. The van der Waals surface area contributed by atoms with E-state index >= 15 is 0 Å². The first kappa shape index (κ1) is 15.0. The molecule has 0 bridgehead atoms. The largest absolute Gasteiger partial charge is 0.309 e. The Morgan fingerprint density at radius 2 is 1.96 bits per heavy atom. The number of rotatable bonds is 4. The fourth-order valence-corrected chi connectivity index (χ4v) is 2.30. The molecule has 1 N–H and O–H groups in total. The molecule has 0 saturated heterocycles. The van der Waals surface area contributed by atoms with Crippen LogP contribution in [0.1, 0.15) is 11.1 Å². The van der Waals surface area contributed by atoms with E-state index in [-0.39, 0.29) is 18.1 Å². The minimum atomic E-state index is -0.268. The highest BCUT2D eigenvalue weighted by atomic mass is 19.1. The lowest BCUT2D eigenvalue weighted by Crippen LogP contribution is -2.15. The lowest BCUT2D eigenvalue weighted by molar-refractivity contribution is -0.115. The SMILES string of the molecule is Cc1cc(CC(=O)Nc2ccn(-c3ccccc3)n2)ccc1F. The van der Waals surface area contributed by atoms with Gasteiger partial charge < -0.3 is 5.32 Å². The third-order valence-corrected chi connectivity index (χ3v) is 3.46. The van der Waals surface area contributed by atoms with Gasteiger partial charge in [0, 0.05) is 12.3 Å². The fourth-order valence-electron chi connectivity index (χ4n) is 2.30. The van der Waals surface area contributed by atoms with Crippen LogP contribution in [0.5, 0.6) is 0 Å². The first-order valence-corrected chi connectivity index (χ1v) is 7.28. The van der Waals surface area contributed by atoms with Crippen LogP contribution in [-0.4, -0.2) is 15.7 Å². The first-order valence-electron chi connectivity index (χ1n) is 7.28. The van der Waals surface area contributed by atoms with Gasteiger partial charge in [-0.05, 0) is 36.2 Å². The van der Waals surface area contributed by atoms with Gasteiger partial charge >= 0.3 is 0 Å². The van der Waals surface area contributed by atoms with E-state index in [4.69, 9.17) is 0 Å². The molecule has 0 aliphatic heterocycles. The molecule has 0 aliphatic rings. The van der Waals surface area contributed by atoms with E-state index in [9.17, 15) is 9.18 Å². The van der Waals surface area contributed by atoms with Crippen molar-refractivity contribution in [2.45, 2.75) is 13.3 Å². The summed E-state index contributed by atoms with van der Waals surface area (Å²) in [7, 11) is 0. The summed E-state index contributed by atoms with van der Waals surface area (Å²) in [5, 5.41) is 7.07. The van der Waals surface area contributed by atoms with Crippen molar-refractivity contribution in [3.63, 3.8) is 0 Å². The highest BCUT2D eigenvalue weighted by Gasteiger charge is 2.08. The van der Waals surface area contributed by atoms with Crippen LogP contribution in [0.15, 0.2) is 60.8 Å². The Kier molecular flexibility index (Phi) is 4.19. The molecule has 1 aromatic heterocycles. The van der Waals surface area contributed by atoms with E-state index in [0.29, 0.717) is 11.4 Å². The zero-order chi connectivity index (χ0) is 16.2. The standard InChI is InChI=1S/C18H16FN3O/c1-13-11-14(7-8-16(13)19)12-18(23)20-17-9-10-22(21-17)15-5-3-2-4-6-15/h2-11H,12H2,1H3,(H,20,21,23).